The Morgan fingerprint density at radius 1 is 1.13 bits per heavy atom. The van der Waals surface area contributed by atoms with E-state index >= 15 is 0 Å². The van der Waals surface area contributed by atoms with Crippen molar-refractivity contribution in [1.29, 1.82) is 0 Å². The number of unbranched alkanes of at least 4 members (excludes halogenated alkanes) is 2. The maximum Gasteiger partial charge on any atom is 0.330 e. The van der Waals surface area contributed by atoms with Gasteiger partial charge in [0.15, 0.2) is 0 Å². The maximum atomic E-state index is 11.9. The lowest BCUT2D eigenvalue weighted by atomic mass is 9.99. The molecule has 4 atom stereocenters. The van der Waals surface area contributed by atoms with Gasteiger partial charge in [0.2, 0.25) is 0 Å². The second-order valence-corrected chi connectivity index (χ2v) is 6.50. The van der Waals surface area contributed by atoms with E-state index in [1.807, 2.05) is 0 Å². The molecule has 0 saturated carbocycles. The van der Waals surface area contributed by atoms with Gasteiger partial charge in [-0.25, -0.2) is 4.79 Å². The fourth-order valence-electron chi connectivity index (χ4n) is 2.86. The van der Waals surface area contributed by atoms with Crippen molar-refractivity contribution in [3.05, 3.63) is 12.2 Å². The Hall–Kier alpha value is -0.910. The minimum Gasteiger partial charge on any atom is -0.459 e. The molecule has 5 nitrogen and oxygen atoms in total. The summed E-state index contributed by atoms with van der Waals surface area (Å²) in [5.41, 5.74) is 0. The van der Waals surface area contributed by atoms with Crippen molar-refractivity contribution in [1.82, 2.24) is 0 Å². The summed E-state index contributed by atoms with van der Waals surface area (Å²) in [6.45, 7) is 2.14. The molecule has 0 unspecified atom stereocenters. The molecule has 0 amide bonds. The molecule has 0 aromatic rings. The summed E-state index contributed by atoms with van der Waals surface area (Å²) in [6.07, 6.45) is 8.00. The highest BCUT2D eigenvalue weighted by molar-refractivity contribution is 5.82. The quantitative estimate of drug-likeness (QED) is 0.545. The number of cyclic esters (lactones) is 1. The van der Waals surface area contributed by atoms with E-state index < -0.39 is 24.3 Å². The zero-order valence-corrected chi connectivity index (χ0v) is 14.2. The van der Waals surface area contributed by atoms with Crippen LogP contribution >= 0.6 is 0 Å². The third-order valence-electron chi connectivity index (χ3n) is 4.31. The van der Waals surface area contributed by atoms with Crippen LogP contribution in [0.2, 0.25) is 0 Å². The molecule has 0 fully saturated rings. The van der Waals surface area contributed by atoms with Gasteiger partial charge in [-0.1, -0.05) is 32.6 Å². The number of carbonyl (C=O) groups is 1. The summed E-state index contributed by atoms with van der Waals surface area (Å²) in [4.78, 5) is 11.9. The molecule has 1 aliphatic heterocycles. The molecule has 1 heterocycles. The number of ether oxygens (including phenoxy) is 1. The van der Waals surface area contributed by atoms with Crippen LogP contribution in [0.25, 0.3) is 0 Å². The molecule has 5 heteroatoms. The van der Waals surface area contributed by atoms with Gasteiger partial charge < -0.3 is 20.1 Å². The van der Waals surface area contributed by atoms with Crippen LogP contribution < -0.4 is 0 Å². The first-order valence-electron chi connectivity index (χ1n) is 8.96. The predicted octanol–water partition coefficient (Wildman–Crippen LogP) is 2.47. The van der Waals surface area contributed by atoms with E-state index in [1.54, 1.807) is 0 Å². The van der Waals surface area contributed by atoms with Crippen molar-refractivity contribution in [3.8, 4) is 0 Å². The molecule has 0 saturated heterocycles. The van der Waals surface area contributed by atoms with Crippen LogP contribution in [0.15, 0.2) is 12.2 Å². The topological polar surface area (TPSA) is 87.0 Å². The highest BCUT2D eigenvalue weighted by Crippen LogP contribution is 2.18. The molecule has 0 radical (unpaired) electrons. The van der Waals surface area contributed by atoms with Crippen molar-refractivity contribution in [2.75, 3.05) is 0 Å². The number of esters is 1. The molecule has 0 aliphatic carbocycles. The molecule has 23 heavy (non-hydrogen) atoms. The summed E-state index contributed by atoms with van der Waals surface area (Å²) in [5.74, 6) is -0.477. The summed E-state index contributed by atoms with van der Waals surface area (Å²) in [6, 6.07) is 0. The minimum absolute atomic E-state index is 0.0892. The van der Waals surface area contributed by atoms with Crippen molar-refractivity contribution < 1.29 is 24.9 Å². The van der Waals surface area contributed by atoms with E-state index in [2.05, 4.69) is 6.92 Å². The standard InChI is InChI=1S/C18H32O5/c1-2-3-5-9-15-10-7-4-6-8-14(19)13-17(21)16(20)11-12-18(22)23-15/h11-12,14-17,19-21H,2-10,13H2,1H3/b12-11+/t14-,15+,16+,17-/m1/s1. The Morgan fingerprint density at radius 2 is 1.87 bits per heavy atom. The van der Waals surface area contributed by atoms with Crippen molar-refractivity contribution in [3.63, 3.8) is 0 Å². The zero-order chi connectivity index (χ0) is 17.1. The van der Waals surface area contributed by atoms with Gasteiger partial charge in [-0.2, -0.15) is 0 Å². The van der Waals surface area contributed by atoms with Gasteiger partial charge in [0.05, 0.1) is 18.3 Å². The van der Waals surface area contributed by atoms with Gasteiger partial charge in [-0.05, 0) is 38.2 Å². The summed E-state index contributed by atoms with van der Waals surface area (Å²) in [5, 5.41) is 29.5. The van der Waals surface area contributed by atoms with E-state index in [4.69, 9.17) is 4.74 Å². The predicted molar refractivity (Wildman–Crippen MR) is 88.9 cm³/mol. The summed E-state index contributed by atoms with van der Waals surface area (Å²) >= 11 is 0. The van der Waals surface area contributed by atoms with Gasteiger partial charge in [-0.15, -0.1) is 0 Å². The first-order chi connectivity index (χ1) is 11.0. The second-order valence-electron chi connectivity index (χ2n) is 6.50. The number of aliphatic hydroxyl groups excluding tert-OH is 3. The number of hydrogen-bond acceptors (Lipinski definition) is 5. The van der Waals surface area contributed by atoms with Gasteiger partial charge in [0.1, 0.15) is 6.10 Å². The van der Waals surface area contributed by atoms with Crippen molar-refractivity contribution in [2.45, 2.75) is 95.5 Å². The Morgan fingerprint density at radius 3 is 2.61 bits per heavy atom. The van der Waals surface area contributed by atoms with E-state index in [9.17, 15) is 20.1 Å². The van der Waals surface area contributed by atoms with Gasteiger partial charge in [0.25, 0.3) is 0 Å². The smallest absolute Gasteiger partial charge is 0.330 e. The van der Waals surface area contributed by atoms with Crippen LogP contribution in [-0.2, 0) is 9.53 Å². The highest BCUT2D eigenvalue weighted by atomic mass is 16.5. The second kappa shape index (κ2) is 11.6. The first kappa shape index (κ1) is 20.1. The van der Waals surface area contributed by atoms with Crippen molar-refractivity contribution >= 4 is 5.97 Å². The molecule has 134 valence electrons. The number of hydrogen-bond donors (Lipinski definition) is 3. The Kier molecular flexibility index (Phi) is 10.2. The van der Waals surface area contributed by atoms with Crippen LogP contribution in [0.5, 0.6) is 0 Å². The number of rotatable bonds is 4. The van der Waals surface area contributed by atoms with E-state index in [0.29, 0.717) is 6.42 Å². The third-order valence-corrected chi connectivity index (χ3v) is 4.31. The van der Waals surface area contributed by atoms with Crippen LogP contribution in [0.1, 0.15) is 71.1 Å². The molecule has 0 aromatic heterocycles. The number of aliphatic hydroxyl groups is 3. The lowest BCUT2D eigenvalue weighted by Gasteiger charge is -2.20. The molecular weight excluding hydrogens is 296 g/mol. The molecule has 1 aliphatic rings. The number of carbonyl (C=O) groups excluding carboxylic acids is 1. The van der Waals surface area contributed by atoms with Gasteiger partial charge in [0, 0.05) is 12.5 Å². The fraction of sp³-hybridized carbons (Fsp3) is 0.833. The largest absolute Gasteiger partial charge is 0.459 e. The third kappa shape index (κ3) is 9.08. The summed E-state index contributed by atoms with van der Waals surface area (Å²) in [7, 11) is 0. The van der Waals surface area contributed by atoms with Gasteiger partial charge >= 0.3 is 5.97 Å². The average Bonchev–Trinajstić information content (AvgIpc) is 2.51. The molecule has 1 rings (SSSR count). The van der Waals surface area contributed by atoms with E-state index in [1.165, 1.54) is 12.2 Å². The summed E-state index contributed by atoms with van der Waals surface area (Å²) < 4.78 is 5.48. The fourth-order valence-corrected chi connectivity index (χ4v) is 2.86. The van der Waals surface area contributed by atoms with Crippen LogP contribution in [-0.4, -0.2) is 45.7 Å². The van der Waals surface area contributed by atoms with Crippen molar-refractivity contribution in [2.24, 2.45) is 0 Å². The molecule has 0 spiro atoms. The Balaban J connectivity index is 2.63. The van der Waals surface area contributed by atoms with E-state index in [0.717, 1.165) is 51.4 Å². The zero-order valence-electron chi connectivity index (χ0n) is 14.2. The Labute approximate surface area is 139 Å². The Bertz CT molecular complexity index is 355. The van der Waals surface area contributed by atoms with Crippen LogP contribution in [0, 0.1) is 0 Å². The SMILES string of the molecule is CCCCC[C@H]1CCCCC[C@@H](O)C[C@@H](O)[C@@H](O)/C=C/C(=O)O1. The average molecular weight is 328 g/mol. The minimum atomic E-state index is -1.17. The van der Waals surface area contributed by atoms with Crippen LogP contribution in [0.3, 0.4) is 0 Å². The lowest BCUT2D eigenvalue weighted by Crippen LogP contribution is -2.29. The molecule has 0 aromatic carbocycles. The molecular formula is C18H32O5. The maximum absolute atomic E-state index is 11.9. The normalized spacial score (nSPS) is 32.8. The van der Waals surface area contributed by atoms with Gasteiger partial charge in [-0.3, -0.25) is 0 Å². The monoisotopic (exact) mass is 328 g/mol. The van der Waals surface area contributed by atoms with E-state index in [-0.39, 0.29) is 12.5 Å². The first-order valence-corrected chi connectivity index (χ1v) is 8.96. The highest BCUT2D eigenvalue weighted by Gasteiger charge is 2.19. The molecule has 0 bridgehead atoms. The lowest BCUT2D eigenvalue weighted by molar-refractivity contribution is -0.143. The van der Waals surface area contributed by atoms with Crippen LogP contribution in [0.4, 0.5) is 0 Å². The molecule has 3 N–H and O–H groups in total.